The van der Waals surface area contributed by atoms with Gasteiger partial charge >= 0.3 is 0 Å². The summed E-state index contributed by atoms with van der Waals surface area (Å²) in [5.41, 5.74) is 2.60. The van der Waals surface area contributed by atoms with E-state index in [-0.39, 0.29) is 0 Å². The number of hydrogen-bond acceptors (Lipinski definition) is 2. The average Bonchev–Trinajstić information content (AvgIpc) is 2.53. The first kappa shape index (κ1) is 12.8. The first-order valence-electron chi connectivity index (χ1n) is 6.94. The lowest BCUT2D eigenvalue weighted by Gasteiger charge is -2.16. The molecule has 0 saturated heterocycles. The Morgan fingerprint density at radius 3 is 2.55 bits per heavy atom. The summed E-state index contributed by atoms with van der Waals surface area (Å²) < 4.78 is 0. The molecule has 1 atom stereocenters. The van der Waals surface area contributed by atoms with Crippen LogP contribution in [0.15, 0.2) is 67.0 Å². The molecule has 2 nitrogen and oxygen atoms in total. The average molecular weight is 262 g/mol. The van der Waals surface area contributed by atoms with Crippen molar-refractivity contribution in [3.63, 3.8) is 0 Å². The van der Waals surface area contributed by atoms with Crippen LogP contribution in [0.25, 0.3) is 10.8 Å². The molecule has 0 radical (unpaired) electrons. The molecule has 20 heavy (non-hydrogen) atoms. The van der Waals surface area contributed by atoms with Crippen molar-refractivity contribution in [2.75, 3.05) is 0 Å². The third kappa shape index (κ3) is 2.70. The zero-order valence-corrected chi connectivity index (χ0v) is 11.6. The summed E-state index contributed by atoms with van der Waals surface area (Å²) in [4.78, 5) is 4.04. The van der Waals surface area contributed by atoms with Gasteiger partial charge in [-0.1, -0.05) is 42.5 Å². The van der Waals surface area contributed by atoms with E-state index in [0.717, 1.165) is 6.54 Å². The number of fused-ring (bicyclic) bond motifs is 1. The topological polar surface area (TPSA) is 24.9 Å². The fraction of sp³-hybridized carbons (Fsp3) is 0.167. The molecule has 0 spiro atoms. The highest BCUT2D eigenvalue weighted by molar-refractivity contribution is 5.86. The molecular formula is C18H18N2. The maximum Gasteiger partial charge on any atom is 0.0301 e. The summed E-state index contributed by atoms with van der Waals surface area (Å²) in [6, 6.07) is 19.4. The highest BCUT2D eigenvalue weighted by Gasteiger charge is 2.08. The summed E-state index contributed by atoms with van der Waals surface area (Å²) in [6.07, 6.45) is 3.67. The minimum absolute atomic E-state index is 0.314. The van der Waals surface area contributed by atoms with Gasteiger partial charge in [0.15, 0.2) is 0 Å². The summed E-state index contributed by atoms with van der Waals surface area (Å²) in [5, 5.41) is 6.20. The van der Waals surface area contributed by atoms with Crippen molar-refractivity contribution in [3.05, 3.63) is 78.1 Å². The van der Waals surface area contributed by atoms with E-state index in [1.54, 1.807) is 0 Å². The van der Waals surface area contributed by atoms with Gasteiger partial charge in [0.2, 0.25) is 0 Å². The van der Waals surface area contributed by atoms with E-state index in [2.05, 4.69) is 59.7 Å². The molecule has 100 valence electrons. The number of pyridine rings is 1. The normalized spacial score (nSPS) is 12.4. The van der Waals surface area contributed by atoms with Crippen LogP contribution in [0.4, 0.5) is 0 Å². The Balaban J connectivity index is 1.80. The number of rotatable bonds is 4. The number of aromatic nitrogens is 1. The minimum atomic E-state index is 0.314. The largest absolute Gasteiger partial charge is 0.306 e. The Bertz CT molecular complexity index is 687. The van der Waals surface area contributed by atoms with Crippen LogP contribution >= 0.6 is 0 Å². The molecule has 3 rings (SSSR count). The van der Waals surface area contributed by atoms with Gasteiger partial charge in [0.1, 0.15) is 0 Å². The molecule has 0 aliphatic carbocycles. The molecule has 2 aromatic carbocycles. The molecule has 0 bridgehead atoms. The number of hydrogen-bond donors (Lipinski definition) is 1. The highest BCUT2D eigenvalue weighted by Crippen LogP contribution is 2.24. The summed E-state index contributed by atoms with van der Waals surface area (Å²) in [7, 11) is 0. The fourth-order valence-corrected chi connectivity index (χ4v) is 2.51. The second-order valence-electron chi connectivity index (χ2n) is 5.03. The Labute approximate surface area is 119 Å². The monoisotopic (exact) mass is 262 g/mol. The quantitative estimate of drug-likeness (QED) is 0.766. The van der Waals surface area contributed by atoms with Crippen molar-refractivity contribution >= 4 is 10.8 Å². The van der Waals surface area contributed by atoms with Gasteiger partial charge < -0.3 is 5.32 Å². The van der Waals surface area contributed by atoms with Gasteiger partial charge in [-0.25, -0.2) is 0 Å². The second-order valence-corrected chi connectivity index (χ2v) is 5.03. The van der Waals surface area contributed by atoms with Crippen molar-refractivity contribution in [3.8, 4) is 0 Å². The van der Waals surface area contributed by atoms with Crippen LogP contribution in [0, 0.1) is 0 Å². The van der Waals surface area contributed by atoms with Crippen LogP contribution in [-0.4, -0.2) is 4.98 Å². The minimum Gasteiger partial charge on any atom is -0.306 e. The van der Waals surface area contributed by atoms with E-state index in [0.29, 0.717) is 6.04 Å². The Morgan fingerprint density at radius 2 is 1.70 bits per heavy atom. The van der Waals surface area contributed by atoms with Crippen LogP contribution in [0.5, 0.6) is 0 Å². The van der Waals surface area contributed by atoms with Gasteiger partial charge in [0, 0.05) is 25.0 Å². The number of benzene rings is 2. The van der Waals surface area contributed by atoms with E-state index in [9.17, 15) is 0 Å². The Morgan fingerprint density at radius 1 is 0.950 bits per heavy atom. The zero-order valence-electron chi connectivity index (χ0n) is 11.6. The highest BCUT2D eigenvalue weighted by atomic mass is 14.9. The maximum absolute atomic E-state index is 4.04. The summed E-state index contributed by atoms with van der Waals surface area (Å²) >= 11 is 0. The molecule has 2 heteroatoms. The third-order valence-electron chi connectivity index (χ3n) is 3.65. The molecule has 1 aromatic heterocycles. The molecule has 1 unspecified atom stereocenters. The molecule has 1 heterocycles. The van der Waals surface area contributed by atoms with E-state index < -0.39 is 0 Å². The van der Waals surface area contributed by atoms with E-state index in [1.807, 2.05) is 24.5 Å². The SMILES string of the molecule is CC(NCc1ccncc1)c1cccc2ccccc12. The van der Waals surface area contributed by atoms with Crippen molar-refractivity contribution in [1.82, 2.24) is 10.3 Å². The third-order valence-corrected chi connectivity index (χ3v) is 3.65. The first-order valence-corrected chi connectivity index (χ1v) is 6.94. The van der Waals surface area contributed by atoms with Crippen LogP contribution < -0.4 is 5.32 Å². The van der Waals surface area contributed by atoms with Crippen molar-refractivity contribution in [1.29, 1.82) is 0 Å². The van der Waals surface area contributed by atoms with Crippen molar-refractivity contribution in [2.45, 2.75) is 19.5 Å². The number of nitrogens with one attached hydrogen (secondary N) is 1. The predicted octanol–water partition coefficient (Wildman–Crippen LogP) is 4.09. The lowest BCUT2D eigenvalue weighted by molar-refractivity contribution is 0.578. The second kappa shape index (κ2) is 5.85. The Hall–Kier alpha value is -2.19. The molecule has 1 N–H and O–H groups in total. The Kier molecular flexibility index (Phi) is 3.75. The van der Waals surface area contributed by atoms with Gasteiger partial charge in [0.05, 0.1) is 0 Å². The van der Waals surface area contributed by atoms with Gasteiger partial charge in [-0.05, 0) is 41.0 Å². The smallest absolute Gasteiger partial charge is 0.0301 e. The molecule has 3 aromatic rings. The standard InChI is InChI=1S/C18H18N2/c1-14(20-13-15-9-11-19-12-10-15)17-8-4-6-16-5-2-3-7-18(16)17/h2-12,14,20H,13H2,1H3. The summed E-state index contributed by atoms with van der Waals surface area (Å²) in [6.45, 7) is 3.07. The molecular weight excluding hydrogens is 244 g/mol. The van der Waals surface area contributed by atoms with E-state index in [1.165, 1.54) is 21.9 Å². The van der Waals surface area contributed by atoms with Crippen LogP contribution in [0.2, 0.25) is 0 Å². The van der Waals surface area contributed by atoms with Crippen LogP contribution in [-0.2, 0) is 6.54 Å². The van der Waals surface area contributed by atoms with E-state index in [4.69, 9.17) is 0 Å². The van der Waals surface area contributed by atoms with Crippen LogP contribution in [0.1, 0.15) is 24.1 Å². The lowest BCUT2D eigenvalue weighted by atomic mass is 9.99. The first-order chi connectivity index (χ1) is 9.84. The van der Waals surface area contributed by atoms with Crippen molar-refractivity contribution in [2.24, 2.45) is 0 Å². The zero-order chi connectivity index (χ0) is 13.8. The predicted molar refractivity (Wildman–Crippen MR) is 83.4 cm³/mol. The lowest BCUT2D eigenvalue weighted by Crippen LogP contribution is -2.18. The fourth-order valence-electron chi connectivity index (χ4n) is 2.51. The molecule has 0 fully saturated rings. The van der Waals surface area contributed by atoms with Crippen molar-refractivity contribution < 1.29 is 0 Å². The molecule has 0 amide bonds. The van der Waals surface area contributed by atoms with Gasteiger partial charge in [0.25, 0.3) is 0 Å². The number of nitrogens with zero attached hydrogens (tertiary/aromatic N) is 1. The molecule has 0 aliphatic rings. The maximum atomic E-state index is 4.04. The van der Waals surface area contributed by atoms with Crippen LogP contribution in [0.3, 0.4) is 0 Å². The van der Waals surface area contributed by atoms with Gasteiger partial charge in [-0.15, -0.1) is 0 Å². The van der Waals surface area contributed by atoms with E-state index >= 15 is 0 Å². The summed E-state index contributed by atoms with van der Waals surface area (Å²) in [5.74, 6) is 0. The van der Waals surface area contributed by atoms with Gasteiger partial charge in [-0.3, -0.25) is 4.98 Å². The molecule has 0 aliphatic heterocycles. The van der Waals surface area contributed by atoms with Gasteiger partial charge in [-0.2, -0.15) is 0 Å². The molecule has 0 saturated carbocycles.